The lowest BCUT2D eigenvalue weighted by Gasteiger charge is -1.94. The van der Waals surface area contributed by atoms with Gasteiger partial charge in [0.25, 0.3) is 0 Å². The third kappa shape index (κ3) is 1.89. The zero-order valence-corrected chi connectivity index (χ0v) is 9.95. The summed E-state index contributed by atoms with van der Waals surface area (Å²) in [5, 5.41) is 0.855. The molecular formula is C13H7FN2OS. The summed E-state index contributed by atoms with van der Waals surface area (Å²) in [6, 6.07) is 6.21. The van der Waals surface area contributed by atoms with Crippen molar-refractivity contribution in [3.8, 4) is 0 Å². The van der Waals surface area contributed by atoms with Crippen molar-refractivity contribution in [3.63, 3.8) is 0 Å². The van der Waals surface area contributed by atoms with Gasteiger partial charge < -0.3 is 0 Å². The number of nitrogens with zero attached hydrogens (tertiary/aromatic N) is 2. The van der Waals surface area contributed by atoms with Crippen LogP contribution in [0.4, 0.5) is 4.39 Å². The maximum atomic E-state index is 13.1. The first-order valence-corrected chi connectivity index (χ1v) is 6.05. The number of aromatic nitrogens is 2. The van der Waals surface area contributed by atoms with Gasteiger partial charge in [-0.3, -0.25) is 9.78 Å². The predicted molar refractivity (Wildman–Crippen MR) is 67.2 cm³/mol. The number of carbonyl (C=O) groups is 1. The van der Waals surface area contributed by atoms with E-state index in [0.29, 0.717) is 10.6 Å². The molecule has 0 bridgehead atoms. The van der Waals surface area contributed by atoms with Crippen molar-refractivity contribution in [2.45, 2.75) is 0 Å². The first-order valence-electron chi connectivity index (χ1n) is 5.24. The summed E-state index contributed by atoms with van der Waals surface area (Å²) >= 11 is 1.26. The summed E-state index contributed by atoms with van der Waals surface area (Å²) in [5.41, 5.74) is 0.296. The van der Waals surface area contributed by atoms with Crippen LogP contribution < -0.4 is 0 Å². The minimum absolute atomic E-state index is 0.190. The van der Waals surface area contributed by atoms with Gasteiger partial charge >= 0.3 is 0 Å². The molecule has 0 fully saturated rings. The van der Waals surface area contributed by atoms with E-state index in [4.69, 9.17) is 0 Å². The van der Waals surface area contributed by atoms with E-state index in [1.165, 1.54) is 42.1 Å². The highest BCUT2D eigenvalue weighted by Gasteiger charge is 2.14. The fourth-order valence-corrected chi connectivity index (χ4v) is 2.70. The summed E-state index contributed by atoms with van der Waals surface area (Å²) in [6.07, 6.45) is 4.41. The van der Waals surface area contributed by atoms with Crippen LogP contribution in [0.5, 0.6) is 0 Å². The second-order valence-electron chi connectivity index (χ2n) is 3.71. The van der Waals surface area contributed by atoms with E-state index in [9.17, 15) is 9.18 Å². The zero-order valence-electron chi connectivity index (χ0n) is 9.13. The maximum absolute atomic E-state index is 13.1. The quantitative estimate of drug-likeness (QED) is 0.663. The van der Waals surface area contributed by atoms with Crippen molar-refractivity contribution in [1.82, 2.24) is 9.97 Å². The predicted octanol–water partition coefficient (Wildman–Crippen LogP) is 3.06. The van der Waals surface area contributed by atoms with Gasteiger partial charge in [-0.05, 0) is 23.6 Å². The fraction of sp³-hybridized carbons (Fsp3) is 0. The molecule has 0 aliphatic rings. The van der Waals surface area contributed by atoms with Gasteiger partial charge in [0.1, 0.15) is 11.5 Å². The molecule has 3 aromatic rings. The Bertz CT molecular complexity index is 724. The third-order valence-electron chi connectivity index (χ3n) is 2.50. The standard InChI is InChI=1S/C13H7FN2OS/c14-9-2-1-8-5-12(18-11(8)6-9)13(17)10-7-15-3-4-16-10/h1-7H. The second-order valence-corrected chi connectivity index (χ2v) is 4.80. The molecule has 3 rings (SSSR count). The van der Waals surface area contributed by atoms with Crippen LogP contribution in [0, 0.1) is 5.82 Å². The lowest BCUT2D eigenvalue weighted by Crippen LogP contribution is -2.01. The number of hydrogen-bond acceptors (Lipinski definition) is 4. The van der Waals surface area contributed by atoms with Crippen molar-refractivity contribution in [1.29, 1.82) is 0 Å². The molecule has 0 unspecified atom stereocenters. The van der Waals surface area contributed by atoms with Crippen LogP contribution >= 0.6 is 11.3 Å². The molecule has 3 nitrogen and oxygen atoms in total. The number of benzene rings is 1. The minimum atomic E-state index is -0.303. The molecule has 0 spiro atoms. The monoisotopic (exact) mass is 258 g/mol. The molecule has 0 radical (unpaired) electrons. The van der Waals surface area contributed by atoms with E-state index >= 15 is 0 Å². The molecule has 0 aliphatic carbocycles. The molecule has 88 valence electrons. The van der Waals surface area contributed by atoms with Crippen LogP contribution in [0.25, 0.3) is 10.1 Å². The van der Waals surface area contributed by atoms with Crippen LogP contribution in [-0.4, -0.2) is 15.8 Å². The Labute approximate surface area is 106 Å². The Hall–Kier alpha value is -2.14. The second kappa shape index (κ2) is 4.27. The highest BCUT2D eigenvalue weighted by Crippen LogP contribution is 2.27. The van der Waals surface area contributed by atoms with Crippen LogP contribution in [-0.2, 0) is 0 Å². The highest BCUT2D eigenvalue weighted by molar-refractivity contribution is 7.21. The lowest BCUT2D eigenvalue weighted by atomic mass is 10.2. The number of rotatable bonds is 2. The largest absolute Gasteiger partial charge is 0.286 e. The molecule has 2 aromatic heterocycles. The Kier molecular flexibility index (Phi) is 2.60. The number of halogens is 1. The molecule has 2 heterocycles. The van der Waals surface area contributed by atoms with Crippen LogP contribution in [0.2, 0.25) is 0 Å². The Balaban J connectivity index is 2.07. The number of hydrogen-bond donors (Lipinski definition) is 0. The molecule has 0 N–H and O–H groups in total. The van der Waals surface area contributed by atoms with Crippen LogP contribution in [0.3, 0.4) is 0 Å². The van der Waals surface area contributed by atoms with Gasteiger partial charge in [-0.1, -0.05) is 6.07 Å². The molecule has 5 heteroatoms. The van der Waals surface area contributed by atoms with Crippen molar-refractivity contribution >= 4 is 27.2 Å². The number of ketones is 1. The van der Waals surface area contributed by atoms with E-state index < -0.39 is 0 Å². The van der Waals surface area contributed by atoms with Gasteiger partial charge in [0, 0.05) is 17.1 Å². The first kappa shape index (κ1) is 11.0. The summed E-state index contributed by atoms with van der Waals surface area (Å²) in [5.74, 6) is -0.493. The van der Waals surface area contributed by atoms with Gasteiger partial charge in [0.2, 0.25) is 5.78 Å². The molecule has 0 aliphatic heterocycles. The van der Waals surface area contributed by atoms with Crippen molar-refractivity contribution in [2.75, 3.05) is 0 Å². The van der Waals surface area contributed by atoms with Gasteiger partial charge in [-0.25, -0.2) is 9.37 Å². The van der Waals surface area contributed by atoms with E-state index in [1.54, 1.807) is 12.1 Å². The summed E-state index contributed by atoms with van der Waals surface area (Å²) in [7, 11) is 0. The number of carbonyl (C=O) groups excluding carboxylic acids is 1. The van der Waals surface area contributed by atoms with E-state index in [1.807, 2.05) is 0 Å². The number of fused-ring (bicyclic) bond motifs is 1. The van der Waals surface area contributed by atoms with Crippen LogP contribution in [0.1, 0.15) is 15.4 Å². The molecule has 0 saturated carbocycles. The SMILES string of the molecule is O=C(c1cnccn1)c1cc2ccc(F)cc2s1. The van der Waals surface area contributed by atoms with Crippen LogP contribution in [0.15, 0.2) is 42.9 Å². The van der Waals surface area contributed by atoms with E-state index in [2.05, 4.69) is 9.97 Å². The highest BCUT2D eigenvalue weighted by atomic mass is 32.1. The third-order valence-corrected chi connectivity index (χ3v) is 3.60. The Morgan fingerprint density at radius 1 is 1.22 bits per heavy atom. The van der Waals surface area contributed by atoms with Gasteiger partial charge in [-0.2, -0.15) is 0 Å². The average Bonchev–Trinajstić information content (AvgIpc) is 2.81. The summed E-state index contributed by atoms with van der Waals surface area (Å²) in [4.78, 5) is 20.5. The first-order chi connectivity index (χ1) is 8.74. The average molecular weight is 258 g/mol. The van der Waals surface area contributed by atoms with Gasteiger partial charge in [0.15, 0.2) is 0 Å². The van der Waals surface area contributed by atoms with Crippen molar-refractivity contribution in [2.24, 2.45) is 0 Å². The molecule has 0 amide bonds. The maximum Gasteiger partial charge on any atom is 0.222 e. The van der Waals surface area contributed by atoms with E-state index in [-0.39, 0.29) is 11.6 Å². The number of thiophene rings is 1. The molecule has 1 aromatic carbocycles. The Morgan fingerprint density at radius 3 is 2.89 bits per heavy atom. The molecule has 0 saturated heterocycles. The lowest BCUT2D eigenvalue weighted by molar-refractivity contribution is 0.103. The van der Waals surface area contributed by atoms with Crippen molar-refractivity contribution in [3.05, 3.63) is 59.2 Å². The smallest absolute Gasteiger partial charge is 0.222 e. The molecular weight excluding hydrogens is 251 g/mol. The topological polar surface area (TPSA) is 42.9 Å². The normalized spacial score (nSPS) is 10.7. The fourth-order valence-electron chi connectivity index (χ4n) is 1.66. The minimum Gasteiger partial charge on any atom is -0.286 e. The Morgan fingerprint density at radius 2 is 2.11 bits per heavy atom. The summed E-state index contributed by atoms with van der Waals surface area (Å²) in [6.45, 7) is 0. The van der Waals surface area contributed by atoms with Gasteiger partial charge in [0.05, 0.1) is 11.1 Å². The van der Waals surface area contributed by atoms with E-state index in [0.717, 1.165) is 10.1 Å². The molecule has 0 atom stereocenters. The van der Waals surface area contributed by atoms with Gasteiger partial charge in [-0.15, -0.1) is 11.3 Å². The molecule has 18 heavy (non-hydrogen) atoms. The zero-order chi connectivity index (χ0) is 12.5. The summed E-state index contributed by atoms with van der Waals surface area (Å²) < 4.78 is 13.8. The van der Waals surface area contributed by atoms with Crippen molar-refractivity contribution < 1.29 is 9.18 Å².